The first kappa shape index (κ1) is 10.8. The first-order valence-corrected chi connectivity index (χ1v) is 5.06. The van der Waals surface area contributed by atoms with Gasteiger partial charge in [-0.05, 0) is 58.8 Å². The third-order valence-corrected chi connectivity index (χ3v) is 3.31. The summed E-state index contributed by atoms with van der Waals surface area (Å²) < 4.78 is 5.90. The number of aryl methyl sites for hydroxylation is 1. The lowest BCUT2D eigenvalue weighted by Crippen LogP contribution is -1.97. The lowest BCUT2D eigenvalue weighted by molar-refractivity contribution is 0.108. The zero-order valence-electron chi connectivity index (χ0n) is 7.23. The smallest absolute Gasteiger partial charge is 0.253 e. The van der Waals surface area contributed by atoms with E-state index in [1.165, 1.54) is 0 Å². The molecule has 4 heteroatoms. The molecule has 0 N–H and O–H groups in total. The van der Waals surface area contributed by atoms with Crippen LogP contribution in [-0.2, 0) is 0 Å². The van der Waals surface area contributed by atoms with E-state index in [-0.39, 0.29) is 0 Å². The molecule has 1 aromatic rings. The van der Waals surface area contributed by atoms with Gasteiger partial charge in [-0.15, -0.1) is 0 Å². The highest BCUT2D eigenvalue weighted by molar-refractivity contribution is 14.1. The van der Waals surface area contributed by atoms with Crippen molar-refractivity contribution in [1.29, 1.82) is 0 Å². The minimum Gasteiger partial charge on any atom is -0.497 e. The number of carbonyl (C=O) groups excluding carboxylic acids is 1. The number of hydrogen-bond donors (Lipinski definition) is 0. The van der Waals surface area contributed by atoms with Crippen molar-refractivity contribution in [2.75, 3.05) is 7.11 Å². The Morgan fingerprint density at radius 1 is 1.54 bits per heavy atom. The van der Waals surface area contributed by atoms with E-state index in [0.29, 0.717) is 11.3 Å². The van der Waals surface area contributed by atoms with Crippen LogP contribution < -0.4 is 4.74 Å². The molecule has 0 aromatic heterocycles. The summed E-state index contributed by atoms with van der Waals surface area (Å²) in [6.45, 7) is 1.91. The lowest BCUT2D eigenvalue weighted by atomic mass is 10.1. The second-order valence-corrected chi connectivity index (χ2v) is 4.00. The topological polar surface area (TPSA) is 26.3 Å². The van der Waals surface area contributed by atoms with E-state index in [1.54, 1.807) is 13.2 Å². The van der Waals surface area contributed by atoms with Gasteiger partial charge in [-0.1, -0.05) is 0 Å². The second-order valence-electron chi connectivity index (χ2n) is 2.58. The molecule has 0 unspecified atom stereocenters. The maximum absolute atomic E-state index is 11.0. The standard InChI is InChI=1S/C9H8ClIO2/c1-5-3-6(13-2)4-7(8(5)11)9(10)12/h3-4H,1-2H3. The van der Waals surface area contributed by atoms with Crippen LogP contribution in [0.1, 0.15) is 15.9 Å². The van der Waals surface area contributed by atoms with E-state index < -0.39 is 5.24 Å². The first-order valence-electron chi connectivity index (χ1n) is 3.60. The van der Waals surface area contributed by atoms with Crippen molar-refractivity contribution in [2.24, 2.45) is 0 Å². The molecule has 1 aromatic carbocycles. The summed E-state index contributed by atoms with van der Waals surface area (Å²) in [6.07, 6.45) is 0. The van der Waals surface area contributed by atoms with E-state index >= 15 is 0 Å². The normalized spacial score (nSPS) is 9.85. The molecule has 0 saturated heterocycles. The molecule has 1 rings (SSSR count). The highest BCUT2D eigenvalue weighted by Crippen LogP contribution is 2.24. The maximum atomic E-state index is 11.0. The summed E-state index contributed by atoms with van der Waals surface area (Å²) in [5, 5.41) is -0.452. The van der Waals surface area contributed by atoms with Crippen molar-refractivity contribution < 1.29 is 9.53 Å². The second kappa shape index (κ2) is 4.28. The van der Waals surface area contributed by atoms with Crippen LogP contribution in [-0.4, -0.2) is 12.4 Å². The van der Waals surface area contributed by atoms with Crippen molar-refractivity contribution >= 4 is 39.4 Å². The Morgan fingerprint density at radius 3 is 2.62 bits per heavy atom. The molecule has 0 atom stereocenters. The van der Waals surface area contributed by atoms with Crippen LogP contribution in [0.15, 0.2) is 12.1 Å². The van der Waals surface area contributed by atoms with E-state index in [4.69, 9.17) is 16.3 Å². The van der Waals surface area contributed by atoms with Crippen LogP contribution in [0.25, 0.3) is 0 Å². The molecule has 0 heterocycles. The van der Waals surface area contributed by atoms with Gasteiger partial charge >= 0.3 is 0 Å². The molecular weight excluding hydrogens is 302 g/mol. The fourth-order valence-electron chi connectivity index (χ4n) is 0.997. The zero-order chi connectivity index (χ0) is 10.0. The van der Waals surface area contributed by atoms with Gasteiger partial charge in [-0.25, -0.2) is 0 Å². The Labute approximate surface area is 95.4 Å². The molecule has 0 aliphatic carbocycles. The van der Waals surface area contributed by atoms with Crippen molar-refractivity contribution in [3.63, 3.8) is 0 Å². The van der Waals surface area contributed by atoms with Gasteiger partial charge in [-0.2, -0.15) is 0 Å². The number of halogens is 2. The van der Waals surface area contributed by atoms with Crippen LogP contribution in [0, 0.1) is 10.5 Å². The molecule has 0 bridgehead atoms. The Kier molecular flexibility index (Phi) is 3.55. The molecule has 70 valence electrons. The molecule has 2 nitrogen and oxygen atoms in total. The highest BCUT2D eigenvalue weighted by atomic mass is 127. The Bertz CT molecular complexity index is 350. The average molecular weight is 311 g/mol. The molecule has 0 amide bonds. The Morgan fingerprint density at radius 2 is 2.15 bits per heavy atom. The van der Waals surface area contributed by atoms with Crippen LogP contribution in [0.2, 0.25) is 0 Å². The van der Waals surface area contributed by atoms with Crippen LogP contribution >= 0.6 is 34.2 Å². The summed E-state index contributed by atoms with van der Waals surface area (Å²) >= 11 is 7.50. The third kappa shape index (κ3) is 2.34. The minimum atomic E-state index is -0.452. The maximum Gasteiger partial charge on any atom is 0.253 e. The Balaban J connectivity index is 3.33. The lowest BCUT2D eigenvalue weighted by Gasteiger charge is -2.06. The van der Waals surface area contributed by atoms with Gasteiger partial charge in [-0.3, -0.25) is 4.79 Å². The van der Waals surface area contributed by atoms with Gasteiger partial charge in [0.1, 0.15) is 5.75 Å². The van der Waals surface area contributed by atoms with Crippen molar-refractivity contribution in [3.8, 4) is 5.75 Å². The summed E-state index contributed by atoms with van der Waals surface area (Å²) in [4.78, 5) is 11.0. The van der Waals surface area contributed by atoms with Gasteiger partial charge in [0.05, 0.1) is 12.7 Å². The fraction of sp³-hybridized carbons (Fsp3) is 0.222. The molecule has 0 saturated carbocycles. The molecule has 0 aliphatic heterocycles. The number of ether oxygens (including phenoxy) is 1. The predicted octanol–water partition coefficient (Wildman–Crippen LogP) is 2.99. The summed E-state index contributed by atoms with van der Waals surface area (Å²) in [7, 11) is 1.56. The quantitative estimate of drug-likeness (QED) is 0.620. The van der Waals surface area contributed by atoms with E-state index in [1.807, 2.05) is 13.0 Å². The zero-order valence-corrected chi connectivity index (χ0v) is 10.1. The van der Waals surface area contributed by atoms with Crippen LogP contribution in [0.4, 0.5) is 0 Å². The van der Waals surface area contributed by atoms with Gasteiger partial charge in [0, 0.05) is 3.57 Å². The summed E-state index contributed by atoms with van der Waals surface area (Å²) in [5.74, 6) is 0.655. The SMILES string of the molecule is COc1cc(C)c(I)c(C(=O)Cl)c1. The van der Waals surface area contributed by atoms with Crippen molar-refractivity contribution in [3.05, 3.63) is 26.8 Å². The average Bonchev–Trinajstić information content (AvgIpc) is 2.09. The van der Waals surface area contributed by atoms with E-state index in [9.17, 15) is 4.79 Å². The number of rotatable bonds is 2. The number of carbonyl (C=O) groups is 1. The largest absolute Gasteiger partial charge is 0.497 e. The molecule has 0 radical (unpaired) electrons. The molecular formula is C9H8ClIO2. The number of benzene rings is 1. The van der Waals surface area contributed by atoms with Gasteiger partial charge < -0.3 is 4.74 Å². The summed E-state index contributed by atoms with van der Waals surface area (Å²) in [5.41, 5.74) is 1.49. The van der Waals surface area contributed by atoms with Crippen molar-refractivity contribution in [2.45, 2.75) is 6.92 Å². The molecule has 0 fully saturated rings. The first-order chi connectivity index (χ1) is 6.06. The number of methoxy groups -OCH3 is 1. The van der Waals surface area contributed by atoms with Gasteiger partial charge in [0.25, 0.3) is 5.24 Å². The van der Waals surface area contributed by atoms with Gasteiger partial charge in [0.2, 0.25) is 0 Å². The number of hydrogen-bond acceptors (Lipinski definition) is 2. The Hall–Kier alpha value is -0.290. The predicted molar refractivity (Wildman–Crippen MR) is 60.6 cm³/mol. The highest BCUT2D eigenvalue weighted by Gasteiger charge is 2.11. The van der Waals surface area contributed by atoms with Crippen LogP contribution in [0.5, 0.6) is 5.75 Å². The monoisotopic (exact) mass is 310 g/mol. The van der Waals surface area contributed by atoms with E-state index in [0.717, 1.165) is 9.13 Å². The fourth-order valence-corrected chi connectivity index (χ4v) is 1.86. The van der Waals surface area contributed by atoms with Crippen molar-refractivity contribution in [1.82, 2.24) is 0 Å². The third-order valence-electron chi connectivity index (χ3n) is 1.68. The van der Waals surface area contributed by atoms with Crippen LogP contribution in [0.3, 0.4) is 0 Å². The molecule has 13 heavy (non-hydrogen) atoms. The molecule has 0 aliphatic rings. The minimum absolute atomic E-state index is 0.452. The van der Waals surface area contributed by atoms with Gasteiger partial charge in [0.15, 0.2) is 0 Å². The summed E-state index contributed by atoms with van der Waals surface area (Å²) in [6, 6.07) is 3.51. The molecule has 0 spiro atoms. The van der Waals surface area contributed by atoms with E-state index in [2.05, 4.69) is 22.6 Å².